The van der Waals surface area contributed by atoms with Crippen molar-refractivity contribution in [2.24, 2.45) is 4.99 Å². The smallest absolute Gasteiger partial charge is 0.195 e. The number of halogens is 2. The summed E-state index contributed by atoms with van der Waals surface area (Å²) >= 11 is 5.73. The zero-order valence-corrected chi connectivity index (χ0v) is 14.3. The molecule has 1 rings (SSSR count). The zero-order chi connectivity index (χ0) is 12.8. The summed E-state index contributed by atoms with van der Waals surface area (Å²) in [6, 6.07) is 3.79. The molecule has 102 valence electrons. The molecule has 0 bridgehead atoms. The van der Waals surface area contributed by atoms with Gasteiger partial charge in [0.2, 0.25) is 0 Å². The summed E-state index contributed by atoms with van der Waals surface area (Å²) in [6.45, 7) is 0.745. The molecule has 0 aromatic carbocycles. The van der Waals surface area contributed by atoms with Crippen LogP contribution in [0.25, 0.3) is 0 Å². The van der Waals surface area contributed by atoms with Crippen LogP contribution in [0, 0.1) is 0 Å². The van der Waals surface area contributed by atoms with Crippen LogP contribution < -0.4 is 0 Å². The Hall–Kier alpha value is -0.560. The molecule has 0 aliphatic carbocycles. The van der Waals surface area contributed by atoms with E-state index in [0.29, 0.717) is 5.15 Å². The van der Waals surface area contributed by atoms with Crippen molar-refractivity contribution in [1.82, 2.24) is 14.8 Å². The maximum atomic E-state index is 5.73. The van der Waals surface area contributed by atoms with Crippen molar-refractivity contribution < 1.29 is 0 Å². The Morgan fingerprint density at radius 3 is 2.28 bits per heavy atom. The summed E-state index contributed by atoms with van der Waals surface area (Å²) in [5.41, 5.74) is 1.15. The van der Waals surface area contributed by atoms with Gasteiger partial charge in [-0.15, -0.1) is 24.0 Å². The first-order valence-electron chi connectivity index (χ1n) is 5.50. The number of aromatic nitrogens is 1. The van der Waals surface area contributed by atoms with Crippen LogP contribution in [0.5, 0.6) is 0 Å². The highest BCUT2D eigenvalue weighted by Gasteiger charge is 2.03. The van der Waals surface area contributed by atoms with Gasteiger partial charge in [0, 0.05) is 40.9 Å². The Balaban J connectivity index is 0.00000289. The van der Waals surface area contributed by atoms with Crippen molar-refractivity contribution in [2.75, 3.05) is 34.7 Å². The summed E-state index contributed by atoms with van der Waals surface area (Å²) in [7, 11) is 7.96. The van der Waals surface area contributed by atoms with E-state index in [-0.39, 0.29) is 24.0 Å². The minimum atomic E-state index is 0. The van der Waals surface area contributed by atoms with Crippen molar-refractivity contribution in [3.63, 3.8) is 0 Å². The Kier molecular flexibility index (Phi) is 8.26. The second-order valence-electron chi connectivity index (χ2n) is 4.21. The number of rotatable bonds is 3. The van der Waals surface area contributed by atoms with Gasteiger partial charge < -0.3 is 9.80 Å². The molecule has 0 atom stereocenters. The summed E-state index contributed by atoms with van der Waals surface area (Å²) < 4.78 is 0. The SMILES string of the molecule is CN(C)C(=NCCc1ccc(Cl)nc1)N(C)C.I. The maximum Gasteiger partial charge on any atom is 0.195 e. The number of hydrogen-bond acceptors (Lipinski definition) is 2. The predicted octanol–water partition coefficient (Wildman–Crippen LogP) is 2.37. The molecule has 0 unspecified atom stereocenters. The van der Waals surface area contributed by atoms with Gasteiger partial charge in [0.15, 0.2) is 5.96 Å². The van der Waals surface area contributed by atoms with Crippen LogP contribution in [0.3, 0.4) is 0 Å². The fourth-order valence-corrected chi connectivity index (χ4v) is 1.63. The average Bonchev–Trinajstić information content (AvgIpc) is 2.25. The van der Waals surface area contributed by atoms with Crippen LogP contribution in [0.1, 0.15) is 5.56 Å². The lowest BCUT2D eigenvalue weighted by molar-refractivity contribution is 0.479. The minimum Gasteiger partial charge on any atom is -0.349 e. The van der Waals surface area contributed by atoms with Crippen LogP contribution in [0.2, 0.25) is 5.15 Å². The third-order valence-corrected chi connectivity index (χ3v) is 2.47. The number of aliphatic imine (C=N–C) groups is 1. The summed E-state index contributed by atoms with van der Waals surface area (Å²) in [5.74, 6) is 0.965. The van der Waals surface area contributed by atoms with E-state index in [1.54, 1.807) is 12.3 Å². The molecule has 0 saturated carbocycles. The van der Waals surface area contributed by atoms with Crippen LogP contribution in [0.15, 0.2) is 23.3 Å². The number of guanidine groups is 1. The fraction of sp³-hybridized carbons (Fsp3) is 0.500. The molecule has 0 aliphatic rings. The monoisotopic (exact) mass is 382 g/mol. The normalized spacial score (nSPS) is 9.39. The average molecular weight is 383 g/mol. The van der Waals surface area contributed by atoms with Gasteiger partial charge in [-0.1, -0.05) is 17.7 Å². The van der Waals surface area contributed by atoms with Crippen LogP contribution in [-0.2, 0) is 6.42 Å². The third-order valence-electron chi connectivity index (χ3n) is 2.24. The highest BCUT2D eigenvalue weighted by Crippen LogP contribution is 2.05. The van der Waals surface area contributed by atoms with Gasteiger partial charge >= 0.3 is 0 Å². The molecular weight excluding hydrogens is 363 g/mol. The van der Waals surface area contributed by atoms with E-state index < -0.39 is 0 Å². The molecule has 6 heteroatoms. The molecule has 1 heterocycles. The van der Waals surface area contributed by atoms with E-state index in [1.165, 1.54) is 0 Å². The van der Waals surface area contributed by atoms with Gasteiger partial charge in [-0.3, -0.25) is 4.99 Å². The summed E-state index contributed by atoms with van der Waals surface area (Å²) in [6.07, 6.45) is 2.66. The summed E-state index contributed by atoms with van der Waals surface area (Å²) in [5, 5.41) is 0.527. The van der Waals surface area contributed by atoms with Crippen molar-refractivity contribution in [1.29, 1.82) is 0 Å². The molecule has 0 spiro atoms. The molecule has 1 aromatic heterocycles. The number of pyridine rings is 1. The first-order chi connectivity index (χ1) is 8.00. The first kappa shape index (κ1) is 17.4. The molecule has 4 nitrogen and oxygen atoms in total. The molecule has 0 aliphatic heterocycles. The standard InChI is InChI=1S/C12H19ClN4.HI/c1-16(2)12(17(3)4)14-8-7-10-5-6-11(13)15-9-10;/h5-6,9H,7-8H2,1-4H3;1H. The third kappa shape index (κ3) is 5.86. The highest BCUT2D eigenvalue weighted by atomic mass is 127. The number of nitrogens with zero attached hydrogens (tertiary/aromatic N) is 4. The minimum absolute atomic E-state index is 0. The summed E-state index contributed by atoms with van der Waals surface area (Å²) in [4.78, 5) is 12.6. The highest BCUT2D eigenvalue weighted by molar-refractivity contribution is 14.0. The predicted molar refractivity (Wildman–Crippen MR) is 88.0 cm³/mol. The van der Waals surface area contributed by atoms with Crippen molar-refractivity contribution >= 4 is 41.5 Å². The molecule has 1 aromatic rings. The molecule has 0 radical (unpaired) electrons. The van der Waals surface area contributed by atoms with Gasteiger partial charge in [0.05, 0.1) is 0 Å². The molecule has 0 amide bonds. The Labute approximate surface area is 131 Å². The van der Waals surface area contributed by atoms with Crippen LogP contribution in [0.4, 0.5) is 0 Å². The molecule has 0 N–H and O–H groups in total. The lowest BCUT2D eigenvalue weighted by Gasteiger charge is -2.22. The van der Waals surface area contributed by atoms with E-state index in [1.807, 2.05) is 44.1 Å². The quantitative estimate of drug-likeness (QED) is 0.348. The van der Waals surface area contributed by atoms with Crippen LogP contribution >= 0.6 is 35.6 Å². The van der Waals surface area contributed by atoms with E-state index >= 15 is 0 Å². The first-order valence-corrected chi connectivity index (χ1v) is 5.88. The van der Waals surface area contributed by atoms with Gasteiger partial charge in [0.1, 0.15) is 5.15 Å². The van der Waals surface area contributed by atoms with Gasteiger partial charge in [-0.2, -0.15) is 0 Å². The van der Waals surface area contributed by atoms with E-state index in [4.69, 9.17) is 11.6 Å². The number of hydrogen-bond donors (Lipinski definition) is 0. The largest absolute Gasteiger partial charge is 0.349 e. The lowest BCUT2D eigenvalue weighted by Crippen LogP contribution is -2.35. The molecule has 0 saturated heterocycles. The van der Waals surface area contributed by atoms with Crippen molar-refractivity contribution in [3.8, 4) is 0 Å². The van der Waals surface area contributed by atoms with Gasteiger partial charge in [-0.25, -0.2) is 4.98 Å². The van der Waals surface area contributed by atoms with E-state index in [0.717, 1.165) is 24.5 Å². The Morgan fingerprint density at radius 2 is 1.83 bits per heavy atom. The second-order valence-corrected chi connectivity index (χ2v) is 4.60. The lowest BCUT2D eigenvalue weighted by atomic mass is 10.2. The van der Waals surface area contributed by atoms with Gasteiger partial charge in [-0.05, 0) is 18.1 Å². The van der Waals surface area contributed by atoms with Gasteiger partial charge in [0.25, 0.3) is 0 Å². The maximum absolute atomic E-state index is 5.73. The van der Waals surface area contributed by atoms with Crippen molar-refractivity contribution in [3.05, 3.63) is 29.0 Å². The molecule has 0 fully saturated rings. The van der Waals surface area contributed by atoms with Crippen LogP contribution in [-0.4, -0.2) is 55.5 Å². The second kappa shape index (κ2) is 8.53. The molecule has 18 heavy (non-hydrogen) atoms. The topological polar surface area (TPSA) is 31.7 Å². The van der Waals surface area contributed by atoms with E-state index in [2.05, 4.69) is 9.98 Å². The van der Waals surface area contributed by atoms with E-state index in [9.17, 15) is 0 Å². The zero-order valence-electron chi connectivity index (χ0n) is 11.2. The fourth-order valence-electron chi connectivity index (χ4n) is 1.52. The molecular formula is C12H20ClIN4. The Bertz CT molecular complexity index is 366. The Morgan fingerprint density at radius 1 is 1.22 bits per heavy atom. The van der Waals surface area contributed by atoms with Crippen molar-refractivity contribution in [2.45, 2.75) is 6.42 Å².